The van der Waals surface area contributed by atoms with E-state index in [1.54, 1.807) is 0 Å². The van der Waals surface area contributed by atoms with Crippen molar-refractivity contribution in [2.75, 3.05) is 11.4 Å². The Bertz CT molecular complexity index is 492. The predicted octanol–water partition coefficient (Wildman–Crippen LogP) is 5.08. The zero-order valence-electron chi connectivity index (χ0n) is 12.6. The van der Waals surface area contributed by atoms with Gasteiger partial charge in [-0.1, -0.05) is 12.1 Å². The molecule has 0 saturated carbocycles. The molecule has 100 valence electrons. The van der Waals surface area contributed by atoms with E-state index in [0.29, 0.717) is 0 Å². The monoisotopic (exact) mass is 253 g/mol. The van der Waals surface area contributed by atoms with E-state index < -0.39 is 0 Å². The molecule has 0 aliphatic rings. The second-order valence-corrected chi connectivity index (χ2v) is 5.44. The Hall–Kier alpha value is -1.76. The topological polar surface area (TPSA) is 3.24 Å². The van der Waals surface area contributed by atoms with Gasteiger partial charge in [0.25, 0.3) is 0 Å². The van der Waals surface area contributed by atoms with Crippen LogP contribution in [0.25, 0.3) is 0 Å². The Morgan fingerprint density at radius 3 is 1.21 bits per heavy atom. The molecule has 0 aliphatic heterocycles. The van der Waals surface area contributed by atoms with Crippen molar-refractivity contribution in [1.82, 2.24) is 0 Å². The molecule has 0 unspecified atom stereocenters. The Kier molecular flexibility index (Phi) is 3.94. The first-order valence-electron chi connectivity index (χ1n) is 6.93. The van der Waals surface area contributed by atoms with Crippen molar-refractivity contribution in [2.24, 2.45) is 0 Å². The highest BCUT2D eigenvalue weighted by Crippen LogP contribution is 2.28. The van der Waals surface area contributed by atoms with Crippen LogP contribution in [-0.4, -0.2) is 6.54 Å². The van der Waals surface area contributed by atoms with Crippen LogP contribution in [0.4, 0.5) is 11.4 Å². The zero-order valence-corrected chi connectivity index (χ0v) is 12.6. The zero-order chi connectivity index (χ0) is 14.0. The third-order valence-corrected chi connectivity index (χ3v) is 3.35. The van der Waals surface area contributed by atoms with E-state index >= 15 is 0 Å². The number of aryl methyl sites for hydroxylation is 4. The van der Waals surface area contributed by atoms with Gasteiger partial charge in [-0.15, -0.1) is 0 Å². The summed E-state index contributed by atoms with van der Waals surface area (Å²) >= 11 is 0. The van der Waals surface area contributed by atoms with Crippen LogP contribution in [0.3, 0.4) is 0 Å². The lowest BCUT2D eigenvalue weighted by atomic mass is 10.1. The lowest BCUT2D eigenvalue weighted by molar-refractivity contribution is 1.02. The van der Waals surface area contributed by atoms with Crippen LogP contribution in [0.1, 0.15) is 29.2 Å². The van der Waals surface area contributed by atoms with Gasteiger partial charge in [0, 0.05) is 17.9 Å². The summed E-state index contributed by atoms with van der Waals surface area (Å²) in [5, 5.41) is 0. The molecule has 0 aromatic heterocycles. The largest absolute Gasteiger partial charge is 0.342 e. The van der Waals surface area contributed by atoms with Gasteiger partial charge in [0.2, 0.25) is 0 Å². The molecule has 0 bridgehead atoms. The first kappa shape index (κ1) is 13.7. The fourth-order valence-corrected chi connectivity index (χ4v) is 2.73. The van der Waals surface area contributed by atoms with Gasteiger partial charge in [0.1, 0.15) is 0 Å². The van der Waals surface area contributed by atoms with Crippen LogP contribution in [0, 0.1) is 27.7 Å². The SMILES string of the molecule is CCN(c1cc(C)cc(C)c1)c1cc(C)cc(C)c1. The van der Waals surface area contributed by atoms with Crippen molar-refractivity contribution in [3.63, 3.8) is 0 Å². The van der Waals surface area contributed by atoms with E-state index in [1.165, 1.54) is 33.6 Å². The Balaban J connectivity index is 2.49. The summed E-state index contributed by atoms with van der Waals surface area (Å²) in [5.74, 6) is 0. The maximum Gasteiger partial charge on any atom is 0.0415 e. The molecular weight excluding hydrogens is 230 g/mol. The summed E-state index contributed by atoms with van der Waals surface area (Å²) < 4.78 is 0. The molecule has 0 aliphatic carbocycles. The quantitative estimate of drug-likeness (QED) is 0.737. The summed E-state index contributed by atoms with van der Waals surface area (Å²) in [6.07, 6.45) is 0. The van der Waals surface area contributed by atoms with Gasteiger partial charge >= 0.3 is 0 Å². The lowest BCUT2D eigenvalue weighted by Crippen LogP contribution is -2.16. The van der Waals surface area contributed by atoms with Crippen LogP contribution in [0.15, 0.2) is 36.4 Å². The van der Waals surface area contributed by atoms with Crippen LogP contribution in [0.5, 0.6) is 0 Å². The highest BCUT2D eigenvalue weighted by Gasteiger charge is 2.09. The van der Waals surface area contributed by atoms with Crippen LogP contribution >= 0.6 is 0 Å². The second-order valence-electron chi connectivity index (χ2n) is 5.44. The maximum atomic E-state index is 2.38. The highest BCUT2D eigenvalue weighted by atomic mass is 15.1. The maximum absolute atomic E-state index is 2.38. The number of hydrogen-bond acceptors (Lipinski definition) is 1. The molecule has 2 aromatic rings. The molecule has 0 saturated heterocycles. The van der Waals surface area contributed by atoms with E-state index in [1.807, 2.05) is 0 Å². The van der Waals surface area contributed by atoms with Gasteiger partial charge in [-0.2, -0.15) is 0 Å². The number of benzene rings is 2. The number of anilines is 2. The van der Waals surface area contributed by atoms with Gasteiger partial charge in [-0.3, -0.25) is 0 Å². The molecule has 0 atom stereocenters. The van der Waals surface area contributed by atoms with Gasteiger partial charge in [0.05, 0.1) is 0 Å². The molecular formula is C18H23N. The molecule has 1 heteroatoms. The molecule has 0 heterocycles. The summed E-state index contributed by atoms with van der Waals surface area (Å²) in [6, 6.07) is 13.5. The molecule has 0 radical (unpaired) electrons. The van der Waals surface area contributed by atoms with Crippen molar-refractivity contribution >= 4 is 11.4 Å². The third-order valence-electron chi connectivity index (χ3n) is 3.35. The minimum Gasteiger partial charge on any atom is -0.342 e. The first-order valence-corrected chi connectivity index (χ1v) is 6.93. The summed E-state index contributed by atoms with van der Waals surface area (Å²) in [7, 11) is 0. The molecule has 0 fully saturated rings. The molecule has 2 aromatic carbocycles. The van der Waals surface area contributed by atoms with E-state index in [0.717, 1.165) is 6.54 Å². The minimum atomic E-state index is 0.978. The van der Waals surface area contributed by atoms with Gasteiger partial charge < -0.3 is 4.90 Å². The van der Waals surface area contributed by atoms with Crippen LogP contribution in [0.2, 0.25) is 0 Å². The molecule has 1 nitrogen and oxygen atoms in total. The Morgan fingerprint density at radius 1 is 0.632 bits per heavy atom. The number of nitrogens with zero attached hydrogens (tertiary/aromatic N) is 1. The average Bonchev–Trinajstić information content (AvgIpc) is 2.27. The third kappa shape index (κ3) is 3.17. The van der Waals surface area contributed by atoms with Gasteiger partial charge in [-0.05, 0) is 81.1 Å². The van der Waals surface area contributed by atoms with Crippen molar-refractivity contribution in [3.05, 3.63) is 58.7 Å². The van der Waals surface area contributed by atoms with E-state index in [2.05, 4.69) is 75.9 Å². The fraction of sp³-hybridized carbons (Fsp3) is 0.333. The molecule has 0 amide bonds. The standard InChI is InChI=1S/C18H23N/c1-6-19(17-9-13(2)7-14(3)10-17)18-11-15(4)8-16(5)12-18/h7-12H,6H2,1-5H3. The average molecular weight is 253 g/mol. The molecule has 0 N–H and O–H groups in total. The molecule has 2 rings (SSSR count). The lowest BCUT2D eigenvalue weighted by Gasteiger charge is -2.25. The minimum absolute atomic E-state index is 0.978. The Labute approximate surface area is 116 Å². The number of rotatable bonds is 3. The Morgan fingerprint density at radius 2 is 0.947 bits per heavy atom. The van der Waals surface area contributed by atoms with E-state index in [9.17, 15) is 0 Å². The molecule has 0 spiro atoms. The van der Waals surface area contributed by atoms with Gasteiger partial charge in [0.15, 0.2) is 0 Å². The summed E-state index contributed by atoms with van der Waals surface area (Å²) in [6.45, 7) is 11.8. The fourth-order valence-electron chi connectivity index (χ4n) is 2.73. The van der Waals surface area contributed by atoms with E-state index in [-0.39, 0.29) is 0 Å². The summed E-state index contributed by atoms with van der Waals surface area (Å²) in [4.78, 5) is 2.38. The molecule has 19 heavy (non-hydrogen) atoms. The van der Waals surface area contributed by atoms with E-state index in [4.69, 9.17) is 0 Å². The van der Waals surface area contributed by atoms with Crippen molar-refractivity contribution in [2.45, 2.75) is 34.6 Å². The van der Waals surface area contributed by atoms with Crippen LogP contribution < -0.4 is 4.90 Å². The van der Waals surface area contributed by atoms with Gasteiger partial charge in [-0.25, -0.2) is 0 Å². The van der Waals surface area contributed by atoms with Crippen LogP contribution in [-0.2, 0) is 0 Å². The summed E-state index contributed by atoms with van der Waals surface area (Å²) in [5.41, 5.74) is 7.83. The normalized spacial score (nSPS) is 10.6. The van der Waals surface area contributed by atoms with Crippen molar-refractivity contribution < 1.29 is 0 Å². The highest BCUT2D eigenvalue weighted by molar-refractivity contribution is 5.65. The predicted molar refractivity (Wildman–Crippen MR) is 84.5 cm³/mol. The smallest absolute Gasteiger partial charge is 0.0415 e. The van der Waals surface area contributed by atoms with Crippen molar-refractivity contribution in [1.29, 1.82) is 0 Å². The van der Waals surface area contributed by atoms with Crippen molar-refractivity contribution in [3.8, 4) is 0 Å². The number of hydrogen-bond donors (Lipinski definition) is 0. The first-order chi connectivity index (χ1) is 8.99. The second kappa shape index (κ2) is 5.48.